The van der Waals surface area contributed by atoms with Crippen LogP contribution >= 0.6 is 0 Å². The van der Waals surface area contributed by atoms with Crippen LogP contribution in [0, 0.1) is 0 Å². The second-order valence-electron chi connectivity index (χ2n) is 4.75. The molecular formula is C12H16O2. The molecule has 0 aromatic heterocycles. The molecule has 0 aromatic carbocycles. The number of hydrogen-bond acceptors (Lipinski definition) is 2. The van der Waals surface area contributed by atoms with Gasteiger partial charge in [-0.2, -0.15) is 0 Å². The van der Waals surface area contributed by atoms with E-state index in [1.807, 2.05) is 26.8 Å². The molecule has 14 heavy (non-hydrogen) atoms. The fourth-order valence-corrected chi connectivity index (χ4v) is 2.10. The van der Waals surface area contributed by atoms with Gasteiger partial charge in [0.05, 0.1) is 11.7 Å². The van der Waals surface area contributed by atoms with E-state index < -0.39 is 0 Å². The Bertz CT molecular complexity index is 334. The van der Waals surface area contributed by atoms with Gasteiger partial charge in [0.2, 0.25) is 0 Å². The van der Waals surface area contributed by atoms with Crippen molar-refractivity contribution in [2.24, 2.45) is 0 Å². The number of allylic oxidation sites excluding steroid dienone is 2. The van der Waals surface area contributed by atoms with Crippen LogP contribution in [-0.4, -0.2) is 17.5 Å². The zero-order valence-corrected chi connectivity index (χ0v) is 8.96. The third-order valence-electron chi connectivity index (χ3n) is 2.75. The molecule has 0 aromatic rings. The molecule has 2 nitrogen and oxygen atoms in total. The van der Waals surface area contributed by atoms with Crippen LogP contribution in [0.2, 0.25) is 0 Å². The van der Waals surface area contributed by atoms with Gasteiger partial charge in [0.1, 0.15) is 0 Å². The van der Waals surface area contributed by atoms with Crippen LogP contribution in [0.3, 0.4) is 0 Å². The lowest BCUT2D eigenvalue weighted by Gasteiger charge is -2.37. The summed E-state index contributed by atoms with van der Waals surface area (Å²) >= 11 is 0. The van der Waals surface area contributed by atoms with Crippen LogP contribution in [0.15, 0.2) is 23.3 Å². The van der Waals surface area contributed by atoms with Crippen molar-refractivity contribution in [2.45, 2.75) is 45.3 Å². The molecule has 0 N–H and O–H groups in total. The molecule has 1 unspecified atom stereocenters. The van der Waals surface area contributed by atoms with Crippen LogP contribution in [0.5, 0.6) is 0 Å². The van der Waals surface area contributed by atoms with Crippen molar-refractivity contribution in [1.82, 2.24) is 0 Å². The van der Waals surface area contributed by atoms with Crippen molar-refractivity contribution < 1.29 is 9.53 Å². The summed E-state index contributed by atoms with van der Waals surface area (Å²) in [6, 6.07) is 0. The summed E-state index contributed by atoms with van der Waals surface area (Å²) in [5, 5.41) is 0. The smallest absolute Gasteiger partial charge is 0.164 e. The average molecular weight is 192 g/mol. The molecule has 2 heteroatoms. The highest BCUT2D eigenvalue weighted by atomic mass is 16.5. The highest BCUT2D eigenvalue weighted by molar-refractivity contribution is 5.98. The number of Topliss-reactive ketones (excluding diaryl/α,β-unsaturated/α-hetero) is 1. The standard InChI is InChI=1S/C12H16O2/c1-8-4-5-11-9(6-8)10(13)7-12(2,3)14-11/h4,6,11H,5,7H2,1-3H3. The van der Waals surface area contributed by atoms with Crippen molar-refractivity contribution in [1.29, 1.82) is 0 Å². The van der Waals surface area contributed by atoms with E-state index in [1.54, 1.807) is 0 Å². The van der Waals surface area contributed by atoms with Crippen LogP contribution in [0.1, 0.15) is 33.6 Å². The summed E-state index contributed by atoms with van der Waals surface area (Å²) in [5.74, 6) is 0.249. The van der Waals surface area contributed by atoms with Crippen LogP contribution < -0.4 is 0 Å². The van der Waals surface area contributed by atoms with E-state index in [-0.39, 0.29) is 17.5 Å². The molecule has 1 aliphatic carbocycles. The highest BCUT2D eigenvalue weighted by Gasteiger charge is 2.37. The normalized spacial score (nSPS) is 30.5. The van der Waals surface area contributed by atoms with Crippen molar-refractivity contribution in [2.75, 3.05) is 0 Å². The lowest BCUT2D eigenvalue weighted by Crippen LogP contribution is -2.42. The quantitative estimate of drug-likeness (QED) is 0.589. The molecule has 1 saturated heterocycles. The van der Waals surface area contributed by atoms with Crippen molar-refractivity contribution >= 4 is 5.78 Å². The maximum atomic E-state index is 11.8. The predicted molar refractivity (Wildman–Crippen MR) is 55.0 cm³/mol. The van der Waals surface area contributed by atoms with Gasteiger partial charge in [-0.05, 0) is 27.2 Å². The summed E-state index contributed by atoms with van der Waals surface area (Å²) in [5.41, 5.74) is 1.75. The maximum absolute atomic E-state index is 11.8. The minimum absolute atomic E-state index is 0.00468. The van der Waals surface area contributed by atoms with Gasteiger partial charge in [0.25, 0.3) is 0 Å². The van der Waals surface area contributed by atoms with Gasteiger partial charge in [0, 0.05) is 12.0 Å². The van der Waals surface area contributed by atoms with Crippen molar-refractivity contribution in [3.05, 3.63) is 23.3 Å². The van der Waals surface area contributed by atoms with Crippen molar-refractivity contribution in [3.8, 4) is 0 Å². The third kappa shape index (κ3) is 1.67. The summed E-state index contributed by atoms with van der Waals surface area (Å²) in [4.78, 5) is 11.8. The van der Waals surface area contributed by atoms with E-state index in [0.717, 1.165) is 12.0 Å². The summed E-state index contributed by atoms with van der Waals surface area (Å²) in [6.45, 7) is 5.98. The van der Waals surface area contributed by atoms with Gasteiger partial charge in [-0.25, -0.2) is 0 Å². The fourth-order valence-electron chi connectivity index (χ4n) is 2.10. The first-order chi connectivity index (χ1) is 6.48. The Morgan fingerprint density at radius 3 is 2.93 bits per heavy atom. The maximum Gasteiger partial charge on any atom is 0.164 e. The topological polar surface area (TPSA) is 26.3 Å². The number of fused-ring (bicyclic) bond motifs is 1. The first kappa shape index (κ1) is 9.66. The molecular weight excluding hydrogens is 176 g/mol. The Morgan fingerprint density at radius 1 is 1.50 bits per heavy atom. The summed E-state index contributed by atoms with van der Waals surface area (Å²) < 4.78 is 5.86. The number of rotatable bonds is 0. The second kappa shape index (κ2) is 3.06. The summed E-state index contributed by atoms with van der Waals surface area (Å²) in [7, 11) is 0. The van der Waals surface area contributed by atoms with E-state index in [1.165, 1.54) is 5.57 Å². The molecule has 1 aliphatic heterocycles. The molecule has 76 valence electrons. The van der Waals surface area contributed by atoms with Gasteiger partial charge in [-0.15, -0.1) is 0 Å². The average Bonchev–Trinajstić information content (AvgIpc) is 2.05. The van der Waals surface area contributed by atoms with E-state index in [9.17, 15) is 4.79 Å². The van der Waals surface area contributed by atoms with E-state index >= 15 is 0 Å². The van der Waals surface area contributed by atoms with Crippen LogP contribution in [-0.2, 0) is 9.53 Å². The van der Waals surface area contributed by atoms with E-state index in [0.29, 0.717) is 6.42 Å². The van der Waals surface area contributed by atoms with E-state index in [2.05, 4.69) is 6.08 Å². The SMILES string of the molecule is CC1=CCC2OC(C)(C)CC(=O)C2=C1. The van der Waals surface area contributed by atoms with Gasteiger partial charge in [-0.1, -0.05) is 17.7 Å². The molecule has 0 amide bonds. The van der Waals surface area contributed by atoms with Gasteiger partial charge < -0.3 is 4.74 Å². The number of ether oxygens (including phenoxy) is 1. The predicted octanol–water partition coefficient (Wildman–Crippen LogP) is 2.40. The number of ketones is 1. The lowest BCUT2D eigenvalue weighted by molar-refractivity contribution is -0.135. The second-order valence-corrected chi connectivity index (χ2v) is 4.75. The summed E-state index contributed by atoms with van der Waals surface area (Å²) in [6.07, 6.45) is 5.43. The molecule has 0 spiro atoms. The zero-order valence-electron chi connectivity index (χ0n) is 8.96. The van der Waals surface area contributed by atoms with E-state index in [4.69, 9.17) is 4.74 Å². The largest absolute Gasteiger partial charge is 0.367 e. The van der Waals surface area contributed by atoms with Gasteiger partial charge in [0.15, 0.2) is 5.78 Å². The Hall–Kier alpha value is -0.890. The van der Waals surface area contributed by atoms with Gasteiger partial charge in [-0.3, -0.25) is 4.79 Å². The molecule has 1 atom stereocenters. The first-order valence-corrected chi connectivity index (χ1v) is 5.07. The number of carbonyl (C=O) groups is 1. The lowest BCUT2D eigenvalue weighted by atomic mass is 9.85. The molecule has 1 heterocycles. The third-order valence-corrected chi connectivity index (χ3v) is 2.75. The van der Waals surface area contributed by atoms with Crippen molar-refractivity contribution in [3.63, 3.8) is 0 Å². The highest BCUT2D eigenvalue weighted by Crippen LogP contribution is 2.33. The Balaban J connectivity index is 2.29. The molecule has 0 saturated carbocycles. The minimum atomic E-state index is -0.293. The molecule has 0 bridgehead atoms. The number of hydrogen-bond donors (Lipinski definition) is 0. The number of carbonyl (C=O) groups excluding carboxylic acids is 1. The minimum Gasteiger partial charge on any atom is -0.367 e. The molecule has 2 aliphatic rings. The Kier molecular flexibility index (Phi) is 2.11. The molecule has 2 rings (SSSR count). The first-order valence-electron chi connectivity index (χ1n) is 5.07. The van der Waals surface area contributed by atoms with Crippen LogP contribution in [0.25, 0.3) is 0 Å². The van der Waals surface area contributed by atoms with Crippen LogP contribution in [0.4, 0.5) is 0 Å². The Labute approximate surface area is 84.6 Å². The Morgan fingerprint density at radius 2 is 2.21 bits per heavy atom. The molecule has 0 radical (unpaired) electrons. The molecule has 1 fully saturated rings. The fraction of sp³-hybridized carbons (Fsp3) is 0.583. The monoisotopic (exact) mass is 192 g/mol. The zero-order chi connectivity index (χ0) is 10.3. The van der Waals surface area contributed by atoms with Gasteiger partial charge >= 0.3 is 0 Å².